The van der Waals surface area contributed by atoms with E-state index < -0.39 is 5.97 Å². The third-order valence-electron chi connectivity index (χ3n) is 2.51. The van der Waals surface area contributed by atoms with E-state index in [2.05, 4.69) is 4.74 Å². The summed E-state index contributed by atoms with van der Waals surface area (Å²) in [7, 11) is 1.35. The van der Waals surface area contributed by atoms with Gasteiger partial charge in [-0.05, 0) is 0 Å². The van der Waals surface area contributed by atoms with Crippen LogP contribution in [-0.4, -0.2) is 41.4 Å². The van der Waals surface area contributed by atoms with Gasteiger partial charge in [-0.3, -0.25) is 0 Å². The van der Waals surface area contributed by atoms with Crippen LogP contribution in [0.3, 0.4) is 0 Å². The van der Waals surface area contributed by atoms with Crippen molar-refractivity contribution in [3.8, 4) is 0 Å². The minimum Gasteiger partial charge on any atom is -0.478 e. The zero-order valence-corrected chi connectivity index (χ0v) is 9.54. The molecule has 2 heterocycles. The fourth-order valence-electron chi connectivity index (χ4n) is 1.83. The van der Waals surface area contributed by atoms with Gasteiger partial charge in [0.25, 0.3) is 0 Å². The molecular formula is C10H11NO4S. The number of aliphatic carboxylic acids is 1. The number of hydrogen-bond donors (Lipinski definition) is 1. The number of carbonyl (C=O) groups excluding carboxylic acids is 1. The van der Waals surface area contributed by atoms with Crippen molar-refractivity contribution < 1.29 is 19.4 Å². The topological polar surface area (TPSA) is 66.8 Å². The maximum atomic E-state index is 11.4. The normalized spacial score (nSPS) is 21.6. The van der Waals surface area contributed by atoms with Gasteiger partial charge in [-0.15, -0.1) is 11.8 Å². The first-order valence-electron chi connectivity index (χ1n) is 4.78. The Morgan fingerprint density at radius 3 is 2.94 bits per heavy atom. The Kier molecular flexibility index (Phi) is 2.91. The van der Waals surface area contributed by atoms with Crippen molar-refractivity contribution in [1.82, 2.24) is 4.90 Å². The largest absolute Gasteiger partial charge is 0.478 e. The molecule has 0 aliphatic carbocycles. The molecule has 0 amide bonds. The molecule has 0 unspecified atom stereocenters. The molecule has 0 aromatic rings. The second-order valence-corrected chi connectivity index (χ2v) is 4.40. The van der Waals surface area contributed by atoms with Crippen molar-refractivity contribution in [1.29, 1.82) is 0 Å². The Morgan fingerprint density at radius 1 is 1.56 bits per heavy atom. The molecule has 0 aromatic heterocycles. The summed E-state index contributed by atoms with van der Waals surface area (Å²) in [5, 5.41) is 9.54. The minimum atomic E-state index is -0.955. The lowest BCUT2D eigenvalue weighted by Crippen LogP contribution is -2.14. The summed E-state index contributed by atoms with van der Waals surface area (Å²) in [4.78, 5) is 23.9. The summed E-state index contributed by atoms with van der Waals surface area (Å²) in [6.45, 7) is 0.659. The van der Waals surface area contributed by atoms with Gasteiger partial charge >= 0.3 is 11.9 Å². The Bertz CT molecular complexity index is 413. The number of hydrogen-bond acceptors (Lipinski definition) is 5. The van der Waals surface area contributed by atoms with Crippen LogP contribution in [0.4, 0.5) is 0 Å². The maximum Gasteiger partial charge on any atom is 0.336 e. The van der Waals surface area contributed by atoms with Crippen LogP contribution in [-0.2, 0) is 14.3 Å². The average molecular weight is 241 g/mol. The molecule has 16 heavy (non-hydrogen) atoms. The molecule has 0 bridgehead atoms. The molecule has 2 rings (SSSR count). The number of esters is 1. The molecule has 0 radical (unpaired) electrons. The molecule has 6 heteroatoms. The average Bonchev–Trinajstić information content (AvgIpc) is 2.79. The number of carbonyl (C=O) groups is 2. The number of nitrogens with zero attached hydrogens (tertiary/aromatic N) is 1. The van der Waals surface area contributed by atoms with Crippen LogP contribution in [0.2, 0.25) is 0 Å². The Morgan fingerprint density at radius 2 is 2.31 bits per heavy atom. The summed E-state index contributed by atoms with van der Waals surface area (Å²) < 4.78 is 4.69. The molecule has 1 saturated heterocycles. The Hall–Kier alpha value is -1.43. The van der Waals surface area contributed by atoms with Crippen molar-refractivity contribution in [2.75, 3.05) is 19.4 Å². The highest BCUT2D eigenvalue weighted by atomic mass is 32.2. The summed E-state index contributed by atoms with van der Waals surface area (Å²) in [6.07, 6.45) is 1.81. The van der Waals surface area contributed by atoms with Crippen LogP contribution >= 0.6 is 11.8 Å². The van der Waals surface area contributed by atoms with E-state index in [0.717, 1.165) is 10.7 Å². The number of ether oxygens (including phenoxy) is 1. The number of methoxy groups -OCH3 is 1. The SMILES string of the molecule is COC(=O)C1=C2SC/C(=C\C(=O)O)N2CC1. The lowest BCUT2D eigenvalue weighted by molar-refractivity contribution is -0.136. The van der Waals surface area contributed by atoms with Crippen LogP contribution in [0.25, 0.3) is 0 Å². The van der Waals surface area contributed by atoms with E-state index in [1.807, 2.05) is 4.90 Å². The first-order valence-corrected chi connectivity index (χ1v) is 5.77. The smallest absolute Gasteiger partial charge is 0.336 e. The summed E-state index contributed by atoms with van der Waals surface area (Å²) >= 11 is 1.49. The van der Waals surface area contributed by atoms with E-state index in [9.17, 15) is 9.59 Å². The van der Waals surface area contributed by atoms with E-state index >= 15 is 0 Å². The maximum absolute atomic E-state index is 11.4. The fourth-order valence-corrected chi connectivity index (χ4v) is 3.08. The second kappa shape index (κ2) is 4.21. The fraction of sp³-hybridized carbons (Fsp3) is 0.400. The van der Waals surface area contributed by atoms with Crippen LogP contribution in [0.5, 0.6) is 0 Å². The van der Waals surface area contributed by atoms with Gasteiger partial charge in [0.2, 0.25) is 0 Å². The molecule has 0 atom stereocenters. The highest BCUT2D eigenvalue weighted by Crippen LogP contribution is 2.42. The van der Waals surface area contributed by atoms with E-state index in [1.54, 1.807) is 0 Å². The lowest BCUT2D eigenvalue weighted by Gasteiger charge is -2.13. The van der Waals surface area contributed by atoms with Gasteiger partial charge in [0.1, 0.15) is 0 Å². The Balaban J connectivity index is 2.27. The number of carboxylic acids is 1. The summed E-state index contributed by atoms with van der Waals surface area (Å²) in [5.41, 5.74) is 1.40. The number of thioether (sulfide) groups is 1. The van der Waals surface area contributed by atoms with Crippen LogP contribution in [0.15, 0.2) is 22.4 Å². The van der Waals surface area contributed by atoms with Gasteiger partial charge in [-0.1, -0.05) is 0 Å². The molecule has 1 fully saturated rings. The molecule has 0 saturated carbocycles. The van der Waals surface area contributed by atoms with E-state index in [4.69, 9.17) is 5.11 Å². The van der Waals surface area contributed by atoms with Crippen molar-refractivity contribution in [3.05, 3.63) is 22.4 Å². The number of fused-ring (bicyclic) bond motifs is 1. The highest BCUT2D eigenvalue weighted by Gasteiger charge is 2.34. The van der Waals surface area contributed by atoms with Crippen molar-refractivity contribution in [2.24, 2.45) is 0 Å². The molecule has 1 N–H and O–H groups in total. The third-order valence-corrected chi connectivity index (χ3v) is 3.69. The minimum absolute atomic E-state index is 0.318. The second-order valence-electron chi connectivity index (χ2n) is 3.44. The number of rotatable bonds is 2. The standard InChI is InChI=1S/C10H11NO4S/c1-15-10(14)7-2-3-11-6(4-8(12)13)5-16-9(7)11/h4H,2-3,5H2,1H3,(H,12,13)/b6-4+. The molecule has 5 nitrogen and oxygen atoms in total. The number of carboxylic acid groups (broad SMARTS) is 1. The lowest BCUT2D eigenvalue weighted by atomic mass is 10.2. The predicted molar refractivity (Wildman–Crippen MR) is 58.5 cm³/mol. The zero-order chi connectivity index (χ0) is 11.7. The van der Waals surface area contributed by atoms with Gasteiger partial charge in [0.15, 0.2) is 0 Å². The third kappa shape index (κ3) is 1.80. The van der Waals surface area contributed by atoms with E-state index in [1.165, 1.54) is 24.9 Å². The van der Waals surface area contributed by atoms with Crippen molar-refractivity contribution in [3.63, 3.8) is 0 Å². The monoisotopic (exact) mass is 241 g/mol. The molecule has 2 aliphatic rings. The van der Waals surface area contributed by atoms with Crippen molar-refractivity contribution in [2.45, 2.75) is 6.42 Å². The van der Waals surface area contributed by atoms with E-state index in [0.29, 0.717) is 24.3 Å². The van der Waals surface area contributed by atoms with Gasteiger partial charge in [0.05, 0.1) is 17.7 Å². The first kappa shape index (κ1) is 11.1. The van der Waals surface area contributed by atoms with Gasteiger partial charge in [-0.25, -0.2) is 9.59 Å². The Labute approximate surface area is 96.7 Å². The van der Waals surface area contributed by atoms with Crippen LogP contribution in [0, 0.1) is 0 Å². The first-order chi connectivity index (χ1) is 7.63. The van der Waals surface area contributed by atoms with Crippen LogP contribution < -0.4 is 0 Å². The molecule has 0 spiro atoms. The predicted octanol–water partition coefficient (Wildman–Crippen LogP) is 0.792. The van der Waals surface area contributed by atoms with E-state index in [-0.39, 0.29) is 5.97 Å². The highest BCUT2D eigenvalue weighted by molar-refractivity contribution is 8.03. The summed E-state index contributed by atoms with van der Waals surface area (Å²) in [6, 6.07) is 0. The van der Waals surface area contributed by atoms with Gasteiger partial charge in [0, 0.05) is 30.5 Å². The van der Waals surface area contributed by atoms with Gasteiger partial charge in [-0.2, -0.15) is 0 Å². The van der Waals surface area contributed by atoms with Gasteiger partial charge < -0.3 is 14.7 Å². The summed E-state index contributed by atoms with van der Waals surface area (Å²) in [5.74, 6) is -0.674. The quantitative estimate of drug-likeness (QED) is 0.569. The molecule has 86 valence electrons. The molecule has 0 aromatic carbocycles. The van der Waals surface area contributed by atoms with Crippen molar-refractivity contribution >= 4 is 23.7 Å². The molecular weight excluding hydrogens is 230 g/mol. The molecule has 2 aliphatic heterocycles. The zero-order valence-electron chi connectivity index (χ0n) is 8.73. The van der Waals surface area contributed by atoms with Crippen LogP contribution in [0.1, 0.15) is 6.42 Å².